The number of nitrogens with one attached hydrogen (secondary N) is 1. The molecule has 4 atom stereocenters. The zero-order valence-corrected chi connectivity index (χ0v) is 8.69. The van der Waals surface area contributed by atoms with Gasteiger partial charge in [0, 0.05) is 20.5 Å². The zero-order valence-electron chi connectivity index (χ0n) is 8.69. The summed E-state index contributed by atoms with van der Waals surface area (Å²) >= 11 is 0. The van der Waals surface area contributed by atoms with Gasteiger partial charge in [-0.3, -0.25) is 4.79 Å². The van der Waals surface area contributed by atoms with Crippen molar-refractivity contribution in [3.05, 3.63) is 0 Å². The lowest BCUT2D eigenvalue weighted by Crippen LogP contribution is -2.55. The molecule has 14 heavy (non-hydrogen) atoms. The molecule has 1 saturated heterocycles. The largest absolute Gasteiger partial charge is 0.391 e. The normalized spacial score (nSPS) is 38.0. The van der Waals surface area contributed by atoms with Crippen LogP contribution in [0.5, 0.6) is 0 Å². The first-order valence-electron chi connectivity index (χ1n) is 4.68. The van der Waals surface area contributed by atoms with E-state index in [1.54, 1.807) is 6.92 Å². The third-order valence-electron chi connectivity index (χ3n) is 2.35. The van der Waals surface area contributed by atoms with Gasteiger partial charge in [-0.25, -0.2) is 0 Å². The van der Waals surface area contributed by atoms with Gasteiger partial charge in [0.05, 0.1) is 18.2 Å². The molecule has 0 radical (unpaired) electrons. The molecule has 0 aromatic carbocycles. The van der Waals surface area contributed by atoms with Crippen LogP contribution >= 0.6 is 0 Å². The van der Waals surface area contributed by atoms with Gasteiger partial charge in [0.25, 0.3) is 0 Å². The van der Waals surface area contributed by atoms with Crippen LogP contribution in [-0.2, 0) is 14.3 Å². The molecule has 0 aliphatic carbocycles. The summed E-state index contributed by atoms with van der Waals surface area (Å²) in [5.74, 6) is -0.166. The van der Waals surface area contributed by atoms with E-state index < -0.39 is 6.10 Å². The average molecular weight is 203 g/mol. The van der Waals surface area contributed by atoms with Crippen molar-refractivity contribution in [2.75, 3.05) is 7.11 Å². The topological polar surface area (TPSA) is 67.8 Å². The monoisotopic (exact) mass is 203 g/mol. The third-order valence-corrected chi connectivity index (χ3v) is 2.35. The summed E-state index contributed by atoms with van der Waals surface area (Å²) in [5, 5.41) is 12.4. The van der Waals surface area contributed by atoms with Gasteiger partial charge in [0.15, 0.2) is 6.29 Å². The van der Waals surface area contributed by atoms with Gasteiger partial charge >= 0.3 is 0 Å². The van der Waals surface area contributed by atoms with E-state index in [2.05, 4.69) is 5.32 Å². The molecule has 1 heterocycles. The highest BCUT2D eigenvalue weighted by Crippen LogP contribution is 2.20. The number of methoxy groups -OCH3 is 1. The number of carbonyl (C=O) groups is 1. The molecule has 2 N–H and O–H groups in total. The fraction of sp³-hybridized carbons (Fsp3) is 0.889. The van der Waals surface area contributed by atoms with Gasteiger partial charge in [-0.05, 0) is 6.92 Å². The molecule has 5 nitrogen and oxygen atoms in total. The lowest BCUT2D eigenvalue weighted by atomic mass is 9.99. The Morgan fingerprint density at radius 1 is 1.64 bits per heavy atom. The highest BCUT2D eigenvalue weighted by atomic mass is 16.7. The average Bonchev–Trinajstić information content (AvgIpc) is 2.10. The second-order valence-electron chi connectivity index (χ2n) is 3.54. The molecule has 1 aliphatic heterocycles. The summed E-state index contributed by atoms with van der Waals surface area (Å²) < 4.78 is 10.4. The summed E-state index contributed by atoms with van der Waals surface area (Å²) in [6, 6.07) is -0.348. The Hall–Kier alpha value is -0.650. The number of rotatable bonds is 2. The summed E-state index contributed by atoms with van der Waals surface area (Å²) in [5.41, 5.74) is 0. The Kier molecular flexibility index (Phi) is 3.86. The minimum absolute atomic E-state index is 0.166. The minimum atomic E-state index is -0.618. The lowest BCUT2D eigenvalue weighted by molar-refractivity contribution is -0.210. The van der Waals surface area contributed by atoms with Gasteiger partial charge in [0.2, 0.25) is 5.91 Å². The molecule has 0 bridgehead atoms. The maximum Gasteiger partial charge on any atom is 0.217 e. The molecule has 1 rings (SSSR count). The van der Waals surface area contributed by atoms with Gasteiger partial charge < -0.3 is 19.9 Å². The van der Waals surface area contributed by atoms with Crippen molar-refractivity contribution in [2.24, 2.45) is 0 Å². The van der Waals surface area contributed by atoms with E-state index in [-0.39, 0.29) is 24.3 Å². The number of carbonyl (C=O) groups excluding carboxylic acids is 1. The Morgan fingerprint density at radius 2 is 2.29 bits per heavy atom. The first-order valence-corrected chi connectivity index (χ1v) is 4.68. The fourth-order valence-corrected chi connectivity index (χ4v) is 1.64. The zero-order chi connectivity index (χ0) is 10.7. The van der Waals surface area contributed by atoms with Gasteiger partial charge in [0.1, 0.15) is 0 Å². The highest BCUT2D eigenvalue weighted by Gasteiger charge is 2.35. The molecule has 0 unspecified atom stereocenters. The van der Waals surface area contributed by atoms with Gasteiger partial charge in [-0.2, -0.15) is 0 Å². The second-order valence-corrected chi connectivity index (χ2v) is 3.54. The number of aliphatic hydroxyl groups excluding tert-OH is 1. The van der Waals surface area contributed by atoms with E-state index in [4.69, 9.17) is 9.47 Å². The molecule has 0 saturated carbocycles. The first kappa shape index (κ1) is 11.4. The van der Waals surface area contributed by atoms with Crippen LogP contribution < -0.4 is 5.32 Å². The number of aliphatic hydroxyl groups is 1. The lowest BCUT2D eigenvalue weighted by Gasteiger charge is -2.37. The molecule has 0 spiro atoms. The summed E-state index contributed by atoms with van der Waals surface area (Å²) in [4.78, 5) is 10.8. The molecule has 5 heteroatoms. The Labute approximate surface area is 83.4 Å². The molecule has 1 amide bonds. The number of hydrogen-bond acceptors (Lipinski definition) is 4. The van der Waals surface area contributed by atoms with Gasteiger partial charge in [-0.1, -0.05) is 0 Å². The van der Waals surface area contributed by atoms with Crippen LogP contribution in [0, 0.1) is 0 Å². The maximum absolute atomic E-state index is 10.8. The second kappa shape index (κ2) is 4.72. The number of hydrogen-bond donors (Lipinski definition) is 2. The molecular formula is C9H17NO4. The SMILES string of the molecule is CO[C@@H]1C[C@H](O)[C@H](NC(C)=O)[C@@H](C)O1. The molecule has 0 aromatic heterocycles. The smallest absolute Gasteiger partial charge is 0.217 e. The van der Waals surface area contributed by atoms with E-state index in [0.717, 1.165) is 0 Å². The molecule has 1 aliphatic rings. The molecule has 82 valence electrons. The summed E-state index contributed by atoms with van der Waals surface area (Å²) in [6.45, 7) is 3.22. The van der Waals surface area contributed by atoms with Crippen LogP contribution in [-0.4, -0.2) is 42.7 Å². The molecule has 0 aromatic rings. The van der Waals surface area contributed by atoms with E-state index in [9.17, 15) is 9.90 Å². The maximum atomic E-state index is 10.8. The van der Waals surface area contributed by atoms with Crippen LogP contribution in [0.4, 0.5) is 0 Å². The predicted octanol–water partition coefficient (Wildman–Crippen LogP) is -0.367. The third kappa shape index (κ3) is 2.67. The summed E-state index contributed by atoms with van der Waals surface area (Å²) in [6.07, 6.45) is -0.864. The highest BCUT2D eigenvalue weighted by molar-refractivity contribution is 5.73. The predicted molar refractivity (Wildman–Crippen MR) is 49.6 cm³/mol. The summed E-state index contributed by atoms with van der Waals surface area (Å²) in [7, 11) is 1.53. The van der Waals surface area contributed by atoms with E-state index in [0.29, 0.717) is 6.42 Å². The van der Waals surface area contributed by atoms with Crippen LogP contribution in [0.3, 0.4) is 0 Å². The van der Waals surface area contributed by atoms with Crippen molar-refractivity contribution in [2.45, 2.75) is 44.8 Å². The van der Waals surface area contributed by atoms with Crippen molar-refractivity contribution in [3.8, 4) is 0 Å². The standard InChI is InChI=1S/C9H17NO4/c1-5-9(10-6(2)11)7(12)4-8(13-3)14-5/h5,7-9,12H,4H2,1-3H3,(H,10,11)/t5-,7+,8+,9-/m1/s1. The number of ether oxygens (including phenoxy) is 2. The Morgan fingerprint density at radius 3 is 2.71 bits per heavy atom. The minimum Gasteiger partial charge on any atom is -0.391 e. The van der Waals surface area contributed by atoms with Crippen LogP contribution in [0.1, 0.15) is 20.3 Å². The van der Waals surface area contributed by atoms with Crippen molar-refractivity contribution in [1.82, 2.24) is 5.32 Å². The first-order chi connectivity index (χ1) is 6.54. The van der Waals surface area contributed by atoms with Crippen LogP contribution in [0.25, 0.3) is 0 Å². The van der Waals surface area contributed by atoms with Gasteiger partial charge in [-0.15, -0.1) is 0 Å². The van der Waals surface area contributed by atoms with Crippen molar-refractivity contribution in [1.29, 1.82) is 0 Å². The van der Waals surface area contributed by atoms with Crippen molar-refractivity contribution < 1.29 is 19.4 Å². The van der Waals surface area contributed by atoms with Crippen LogP contribution in [0.2, 0.25) is 0 Å². The fourth-order valence-electron chi connectivity index (χ4n) is 1.64. The quantitative estimate of drug-likeness (QED) is 0.642. The Balaban J connectivity index is 2.55. The van der Waals surface area contributed by atoms with E-state index in [1.807, 2.05) is 0 Å². The molecular weight excluding hydrogens is 186 g/mol. The number of amides is 1. The van der Waals surface area contributed by atoms with Crippen molar-refractivity contribution in [3.63, 3.8) is 0 Å². The Bertz CT molecular complexity index is 197. The van der Waals surface area contributed by atoms with E-state index >= 15 is 0 Å². The van der Waals surface area contributed by atoms with Crippen LogP contribution in [0.15, 0.2) is 0 Å². The molecule has 1 fully saturated rings. The van der Waals surface area contributed by atoms with E-state index in [1.165, 1.54) is 14.0 Å². The van der Waals surface area contributed by atoms with Crippen molar-refractivity contribution >= 4 is 5.91 Å².